The molecule has 0 spiro atoms. The lowest BCUT2D eigenvalue weighted by Gasteiger charge is -2.04. The van der Waals surface area contributed by atoms with Gasteiger partial charge in [0.05, 0.1) is 0 Å². The van der Waals surface area contributed by atoms with E-state index in [1.54, 1.807) is 24.3 Å². The van der Waals surface area contributed by atoms with E-state index in [2.05, 4.69) is 5.32 Å². The Balaban J connectivity index is 2.28. The van der Waals surface area contributed by atoms with E-state index in [4.69, 9.17) is 5.73 Å². The largest absolute Gasteiger partial charge is 0.399 e. The highest BCUT2D eigenvalue weighted by Crippen LogP contribution is 2.11. The molecule has 0 saturated heterocycles. The summed E-state index contributed by atoms with van der Waals surface area (Å²) in [4.78, 5) is 21.5. The van der Waals surface area contributed by atoms with Gasteiger partial charge in [-0.25, -0.2) is 0 Å². The number of amides is 1. The monoisotopic (exact) mass is 220 g/mol. The van der Waals surface area contributed by atoms with Crippen molar-refractivity contribution in [1.82, 2.24) is 0 Å². The Kier molecular flexibility index (Phi) is 5.05. The molecule has 4 nitrogen and oxygen atoms in total. The standard InChI is InChI=1S/C12H16N2O2/c13-10-5-7-11(8-6-10)14-12(16)4-2-1-3-9-15/h5-9H,1-4,13H2,(H,14,16). The summed E-state index contributed by atoms with van der Waals surface area (Å²) in [6.45, 7) is 0. The van der Waals surface area contributed by atoms with E-state index in [0.717, 1.165) is 24.8 Å². The number of hydrogen-bond donors (Lipinski definition) is 2. The van der Waals surface area contributed by atoms with Crippen molar-refractivity contribution in [1.29, 1.82) is 0 Å². The van der Waals surface area contributed by atoms with E-state index in [-0.39, 0.29) is 5.91 Å². The first kappa shape index (κ1) is 12.2. The van der Waals surface area contributed by atoms with E-state index in [1.807, 2.05) is 0 Å². The first-order valence-corrected chi connectivity index (χ1v) is 5.31. The predicted octanol–water partition coefficient (Wildman–Crippen LogP) is 1.97. The van der Waals surface area contributed by atoms with Crippen molar-refractivity contribution >= 4 is 23.6 Å². The van der Waals surface area contributed by atoms with Crippen LogP contribution < -0.4 is 11.1 Å². The Morgan fingerprint density at radius 3 is 2.56 bits per heavy atom. The van der Waals surface area contributed by atoms with Crippen LogP contribution in [-0.4, -0.2) is 12.2 Å². The van der Waals surface area contributed by atoms with Gasteiger partial charge in [0, 0.05) is 24.2 Å². The van der Waals surface area contributed by atoms with Crippen LogP contribution in [0, 0.1) is 0 Å². The summed E-state index contributed by atoms with van der Waals surface area (Å²) in [5.74, 6) is -0.0318. The third-order valence-corrected chi connectivity index (χ3v) is 2.17. The van der Waals surface area contributed by atoms with Gasteiger partial charge in [0.1, 0.15) is 6.29 Å². The van der Waals surface area contributed by atoms with Crippen LogP contribution in [0.5, 0.6) is 0 Å². The molecule has 0 atom stereocenters. The Morgan fingerprint density at radius 2 is 1.94 bits per heavy atom. The molecule has 0 bridgehead atoms. The molecular formula is C12H16N2O2. The number of rotatable bonds is 6. The van der Waals surface area contributed by atoms with Gasteiger partial charge in [0.15, 0.2) is 0 Å². The lowest BCUT2D eigenvalue weighted by atomic mass is 10.2. The molecule has 0 saturated carbocycles. The maximum atomic E-state index is 11.4. The van der Waals surface area contributed by atoms with Crippen molar-refractivity contribution in [3.8, 4) is 0 Å². The molecule has 0 fully saturated rings. The molecule has 3 N–H and O–H groups in total. The number of benzene rings is 1. The summed E-state index contributed by atoms with van der Waals surface area (Å²) in [5.41, 5.74) is 6.94. The van der Waals surface area contributed by atoms with E-state index in [9.17, 15) is 9.59 Å². The zero-order valence-electron chi connectivity index (χ0n) is 9.11. The van der Waals surface area contributed by atoms with Gasteiger partial charge in [0.2, 0.25) is 5.91 Å². The Bertz CT molecular complexity index is 347. The Labute approximate surface area is 94.8 Å². The van der Waals surface area contributed by atoms with Crippen LogP contribution in [-0.2, 0) is 9.59 Å². The molecular weight excluding hydrogens is 204 g/mol. The van der Waals surface area contributed by atoms with Crippen LogP contribution in [0.4, 0.5) is 11.4 Å². The van der Waals surface area contributed by atoms with Crippen LogP contribution in [0.3, 0.4) is 0 Å². The van der Waals surface area contributed by atoms with Gasteiger partial charge in [-0.2, -0.15) is 0 Å². The number of nitrogens with two attached hydrogens (primary N) is 1. The van der Waals surface area contributed by atoms with Crippen molar-refractivity contribution < 1.29 is 9.59 Å². The van der Waals surface area contributed by atoms with Crippen molar-refractivity contribution in [2.24, 2.45) is 0 Å². The minimum Gasteiger partial charge on any atom is -0.399 e. The maximum absolute atomic E-state index is 11.4. The average Bonchev–Trinajstić information content (AvgIpc) is 2.28. The maximum Gasteiger partial charge on any atom is 0.224 e. The van der Waals surface area contributed by atoms with Crippen molar-refractivity contribution in [2.75, 3.05) is 11.1 Å². The minimum absolute atomic E-state index is 0.0318. The first-order chi connectivity index (χ1) is 7.72. The van der Waals surface area contributed by atoms with E-state index < -0.39 is 0 Å². The second-order valence-corrected chi connectivity index (χ2v) is 3.58. The average molecular weight is 220 g/mol. The Hall–Kier alpha value is -1.84. The van der Waals surface area contributed by atoms with Crippen LogP contribution >= 0.6 is 0 Å². The second-order valence-electron chi connectivity index (χ2n) is 3.58. The summed E-state index contributed by atoms with van der Waals surface area (Å²) >= 11 is 0. The fourth-order valence-electron chi connectivity index (χ4n) is 1.30. The summed E-state index contributed by atoms with van der Waals surface area (Å²) in [7, 11) is 0. The molecule has 0 heterocycles. The lowest BCUT2D eigenvalue weighted by molar-refractivity contribution is -0.116. The topological polar surface area (TPSA) is 72.2 Å². The van der Waals surface area contributed by atoms with Crippen LogP contribution in [0.25, 0.3) is 0 Å². The zero-order valence-corrected chi connectivity index (χ0v) is 9.11. The van der Waals surface area contributed by atoms with Gasteiger partial charge >= 0.3 is 0 Å². The lowest BCUT2D eigenvalue weighted by Crippen LogP contribution is -2.10. The highest BCUT2D eigenvalue weighted by Gasteiger charge is 2.01. The fraction of sp³-hybridized carbons (Fsp3) is 0.333. The second kappa shape index (κ2) is 6.61. The van der Waals surface area contributed by atoms with Crippen LogP contribution in [0.2, 0.25) is 0 Å². The predicted molar refractivity (Wildman–Crippen MR) is 64.0 cm³/mol. The third kappa shape index (κ3) is 4.59. The number of carbonyl (C=O) groups is 2. The fourth-order valence-corrected chi connectivity index (χ4v) is 1.30. The van der Waals surface area contributed by atoms with Crippen molar-refractivity contribution in [3.05, 3.63) is 24.3 Å². The highest BCUT2D eigenvalue weighted by molar-refractivity contribution is 5.90. The van der Waals surface area contributed by atoms with E-state index >= 15 is 0 Å². The van der Waals surface area contributed by atoms with Gasteiger partial charge in [-0.15, -0.1) is 0 Å². The van der Waals surface area contributed by atoms with Gasteiger partial charge in [0.25, 0.3) is 0 Å². The number of anilines is 2. The molecule has 1 amide bonds. The van der Waals surface area contributed by atoms with Crippen molar-refractivity contribution in [3.63, 3.8) is 0 Å². The number of hydrogen-bond acceptors (Lipinski definition) is 3. The number of aldehydes is 1. The van der Waals surface area contributed by atoms with Gasteiger partial charge < -0.3 is 15.8 Å². The molecule has 1 aromatic rings. The quantitative estimate of drug-likeness (QED) is 0.437. The Morgan fingerprint density at radius 1 is 1.25 bits per heavy atom. The van der Waals surface area contributed by atoms with E-state index in [1.165, 1.54) is 0 Å². The molecule has 0 aliphatic carbocycles. The zero-order chi connectivity index (χ0) is 11.8. The smallest absolute Gasteiger partial charge is 0.224 e. The summed E-state index contributed by atoms with van der Waals surface area (Å²) in [5, 5.41) is 2.76. The van der Waals surface area contributed by atoms with E-state index in [0.29, 0.717) is 18.5 Å². The molecule has 0 unspecified atom stereocenters. The van der Waals surface area contributed by atoms with Crippen molar-refractivity contribution in [2.45, 2.75) is 25.7 Å². The number of carbonyl (C=O) groups excluding carboxylic acids is 2. The normalized spacial score (nSPS) is 9.75. The SMILES string of the molecule is Nc1ccc(NC(=O)CCCCC=O)cc1. The minimum atomic E-state index is -0.0318. The third-order valence-electron chi connectivity index (χ3n) is 2.17. The van der Waals surface area contributed by atoms with Crippen LogP contribution in [0.15, 0.2) is 24.3 Å². The van der Waals surface area contributed by atoms with Crippen LogP contribution in [0.1, 0.15) is 25.7 Å². The summed E-state index contributed by atoms with van der Waals surface area (Å²) in [6.07, 6.45) is 3.34. The number of nitrogens with one attached hydrogen (secondary N) is 1. The summed E-state index contributed by atoms with van der Waals surface area (Å²) in [6, 6.07) is 7.00. The molecule has 0 aliphatic heterocycles. The highest BCUT2D eigenvalue weighted by atomic mass is 16.1. The molecule has 0 radical (unpaired) electrons. The molecule has 4 heteroatoms. The molecule has 16 heavy (non-hydrogen) atoms. The molecule has 1 aromatic carbocycles. The first-order valence-electron chi connectivity index (χ1n) is 5.31. The summed E-state index contributed by atoms with van der Waals surface area (Å²) < 4.78 is 0. The molecule has 0 aromatic heterocycles. The van der Waals surface area contributed by atoms with Gasteiger partial charge in [-0.3, -0.25) is 4.79 Å². The number of unbranched alkanes of at least 4 members (excludes halogenated alkanes) is 2. The number of nitrogen functional groups attached to an aromatic ring is 1. The molecule has 0 aliphatic rings. The molecule has 1 rings (SSSR count). The molecule has 86 valence electrons. The van der Waals surface area contributed by atoms with Gasteiger partial charge in [-0.1, -0.05) is 0 Å². The van der Waals surface area contributed by atoms with Gasteiger partial charge in [-0.05, 0) is 37.1 Å².